The molecule has 0 aliphatic heterocycles. The molecule has 0 unspecified atom stereocenters. The molecule has 0 radical (unpaired) electrons. The molecule has 0 spiro atoms. The molecule has 0 aliphatic rings. The van der Waals surface area contributed by atoms with Gasteiger partial charge < -0.3 is 5.32 Å². The number of thiophene rings is 1. The van der Waals surface area contributed by atoms with Crippen molar-refractivity contribution in [3.05, 3.63) is 52.2 Å². The Balaban J connectivity index is 1.97. The van der Waals surface area contributed by atoms with Crippen LogP contribution in [0.25, 0.3) is 0 Å². The molecule has 20 heavy (non-hydrogen) atoms. The number of sulfonamides is 1. The van der Waals surface area contributed by atoms with Crippen molar-refractivity contribution in [3.63, 3.8) is 0 Å². The molecule has 1 aromatic carbocycles. The van der Waals surface area contributed by atoms with Gasteiger partial charge in [-0.05, 0) is 30.5 Å². The zero-order chi connectivity index (χ0) is 14.6. The third-order valence-electron chi connectivity index (χ3n) is 2.56. The van der Waals surface area contributed by atoms with Gasteiger partial charge in [-0.15, -0.1) is 11.3 Å². The van der Waals surface area contributed by atoms with Crippen LogP contribution in [0.15, 0.2) is 46.7 Å². The van der Waals surface area contributed by atoms with Gasteiger partial charge in [-0.3, -0.25) is 0 Å². The maximum atomic E-state index is 11.9. The fourth-order valence-corrected chi connectivity index (χ4v) is 3.09. The zero-order valence-electron chi connectivity index (χ0n) is 10.8. The maximum Gasteiger partial charge on any atom is 0.328 e. The first-order valence-electron chi connectivity index (χ1n) is 5.87. The lowest BCUT2D eigenvalue weighted by Crippen LogP contribution is -2.38. The fraction of sp³-hybridized carbons (Fsp3) is 0.154. The minimum absolute atomic E-state index is 0.0642. The van der Waals surface area contributed by atoms with Gasteiger partial charge in [-0.1, -0.05) is 23.8 Å². The Hall–Kier alpha value is -1.86. The minimum Gasteiger partial charge on any atom is -0.332 e. The van der Waals surface area contributed by atoms with Crippen LogP contribution in [0.3, 0.4) is 0 Å². The molecule has 1 aromatic heterocycles. The average Bonchev–Trinajstić information content (AvgIpc) is 2.89. The van der Waals surface area contributed by atoms with E-state index in [1.165, 1.54) is 23.5 Å². The molecule has 2 rings (SSSR count). The summed E-state index contributed by atoms with van der Waals surface area (Å²) in [6.45, 7) is 2.16. The molecule has 0 fully saturated rings. The maximum absolute atomic E-state index is 11.9. The van der Waals surface area contributed by atoms with Gasteiger partial charge in [0.15, 0.2) is 0 Å². The number of nitrogens with one attached hydrogen (secondary N) is 2. The van der Waals surface area contributed by atoms with E-state index in [9.17, 15) is 13.2 Å². The van der Waals surface area contributed by atoms with E-state index in [-0.39, 0.29) is 4.90 Å². The molecule has 0 saturated heterocycles. The van der Waals surface area contributed by atoms with Crippen molar-refractivity contribution in [3.8, 4) is 0 Å². The normalized spacial score (nSPS) is 11.1. The van der Waals surface area contributed by atoms with Crippen LogP contribution in [0, 0.1) is 6.92 Å². The van der Waals surface area contributed by atoms with Crippen molar-refractivity contribution in [1.29, 1.82) is 0 Å². The second-order valence-electron chi connectivity index (χ2n) is 4.18. The van der Waals surface area contributed by atoms with Crippen LogP contribution >= 0.6 is 11.3 Å². The number of carbonyl (C=O) groups excluding carboxylic acids is 1. The SMILES string of the molecule is Cc1ccc(S(=O)(=O)NC(=O)NCc2cccs2)cc1. The van der Waals surface area contributed by atoms with Gasteiger partial charge in [-0.25, -0.2) is 17.9 Å². The Labute approximate surface area is 121 Å². The Morgan fingerprint density at radius 3 is 2.50 bits per heavy atom. The quantitative estimate of drug-likeness (QED) is 0.909. The van der Waals surface area contributed by atoms with Crippen LogP contribution in [0.5, 0.6) is 0 Å². The summed E-state index contributed by atoms with van der Waals surface area (Å²) in [5.74, 6) is 0. The first-order chi connectivity index (χ1) is 9.47. The highest BCUT2D eigenvalue weighted by molar-refractivity contribution is 7.90. The van der Waals surface area contributed by atoms with Crippen molar-refractivity contribution in [1.82, 2.24) is 10.0 Å². The number of rotatable bonds is 4. The fourth-order valence-electron chi connectivity index (χ4n) is 1.52. The first kappa shape index (κ1) is 14.5. The van der Waals surface area contributed by atoms with E-state index in [4.69, 9.17) is 0 Å². The third-order valence-corrected chi connectivity index (χ3v) is 4.78. The highest BCUT2D eigenvalue weighted by atomic mass is 32.2. The van der Waals surface area contributed by atoms with Crippen molar-refractivity contribution in [2.75, 3.05) is 0 Å². The van der Waals surface area contributed by atoms with Gasteiger partial charge >= 0.3 is 6.03 Å². The molecular weight excluding hydrogens is 296 g/mol. The summed E-state index contributed by atoms with van der Waals surface area (Å²) in [5, 5.41) is 4.39. The molecular formula is C13H14N2O3S2. The summed E-state index contributed by atoms with van der Waals surface area (Å²) in [4.78, 5) is 12.6. The van der Waals surface area contributed by atoms with Crippen LogP contribution in [-0.2, 0) is 16.6 Å². The Morgan fingerprint density at radius 2 is 1.90 bits per heavy atom. The van der Waals surface area contributed by atoms with Crippen LogP contribution in [0.2, 0.25) is 0 Å². The lowest BCUT2D eigenvalue weighted by Gasteiger charge is -2.08. The van der Waals surface area contributed by atoms with E-state index in [0.29, 0.717) is 6.54 Å². The van der Waals surface area contributed by atoms with E-state index in [1.807, 2.05) is 29.2 Å². The van der Waals surface area contributed by atoms with E-state index in [2.05, 4.69) is 5.32 Å². The minimum atomic E-state index is -3.83. The molecule has 0 saturated carbocycles. The standard InChI is InChI=1S/C13H14N2O3S2/c1-10-4-6-12(7-5-10)20(17,18)15-13(16)14-9-11-3-2-8-19-11/h2-8H,9H2,1H3,(H2,14,15,16). The van der Waals surface area contributed by atoms with E-state index in [0.717, 1.165) is 10.4 Å². The largest absolute Gasteiger partial charge is 0.332 e. The molecule has 106 valence electrons. The summed E-state index contributed by atoms with van der Waals surface area (Å²) in [6.07, 6.45) is 0. The lowest BCUT2D eigenvalue weighted by atomic mass is 10.2. The van der Waals surface area contributed by atoms with Crippen LogP contribution < -0.4 is 10.0 Å². The van der Waals surface area contributed by atoms with Gasteiger partial charge in [0, 0.05) is 4.88 Å². The second kappa shape index (κ2) is 6.06. The molecule has 2 N–H and O–H groups in total. The molecule has 1 heterocycles. The molecule has 0 bridgehead atoms. The van der Waals surface area contributed by atoms with Crippen molar-refractivity contribution >= 4 is 27.4 Å². The lowest BCUT2D eigenvalue weighted by molar-refractivity contribution is 0.245. The predicted molar refractivity (Wildman–Crippen MR) is 78.1 cm³/mol. The van der Waals surface area contributed by atoms with E-state index < -0.39 is 16.1 Å². The van der Waals surface area contributed by atoms with Gasteiger partial charge in [0.25, 0.3) is 10.0 Å². The number of aryl methyl sites for hydroxylation is 1. The highest BCUT2D eigenvalue weighted by Gasteiger charge is 2.16. The summed E-state index contributed by atoms with van der Waals surface area (Å²) in [5.41, 5.74) is 0.950. The molecule has 2 amide bonds. The van der Waals surface area contributed by atoms with Crippen LogP contribution in [-0.4, -0.2) is 14.4 Å². The number of amides is 2. The molecule has 2 aromatic rings. The number of benzene rings is 1. The summed E-state index contributed by atoms with van der Waals surface area (Å²) < 4.78 is 25.9. The van der Waals surface area contributed by atoms with Gasteiger partial charge in [-0.2, -0.15) is 0 Å². The molecule has 0 atom stereocenters. The van der Waals surface area contributed by atoms with Gasteiger partial charge in [0.2, 0.25) is 0 Å². The van der Waals surface area contributed by atoms with Gasteiger partial charge in [0.05, 0.1) is 11.4 Å². The topological polar surface area (TPSA) is 75.3 Å². The number of hydrogen-bond acceptors (Lipinski definition) is 4. The monoisotopic (exact) mass is 310 g/mol. The molecule has 5 nitrogen and oxygen atoms in total. The first-order valence-corrected chi connectivity index (χ1v) is 8.23. The zero-order valence-corrected chi connectivity index (χ0v) is 12.4. The Morgan fingerprint density at radius 1 is 1.20 bits per heavy atom. The van der Waals surface area contributed by atoms with Gasteiger partial charge in [0.1, 0.15) is 0 Å². The van der Waals surface area contributed by atoms with Crippen molar-refractivity contribution in [2.24, 2.45) is 0 Å². The second-order valence-corrected chi connectivity index (χ2v) is 6.90. The van der Waals surface area contributed by atoms with Crippen LogP contribution in [0.4, 0.5) is 4.79 Å². The smallest absolute Gasteiger partial charge is 0.328 e. The average molecular weight is 310 g/mol. The van der Waals surface area contributed by atoms with Crippen molar-refractivity contribution < 1.29 is 13.2 Å². The number of hydrogen-bond donors (Lipinski definition) is 2. The summed E-state index contributed by atoms with van der Waals surface area (Å²) in [6, 6.07) is 9.27. The Bertz CT molecular complexity index is 677. The Kier molecular flexibility index (Phi) is 4.41. The molecule has 0 aliphatic carbocycles. The van der Waals surface area contributed by atoms with Crippen molar-refractivity contribution in [2.45, 2.75) is 18.4 Å². The summed E-state index contributed by atoms with van der Waals surface area (Å²) in [7, 11) is -3.83. The summed E-state index contributed by atoms with van der Waals surface area (Å²) >= 11 is 1.49. The predicted octanol–water partition coefficient (Wildman–Crippen LogP) is 2.24. The van der Waals surface area contributed by atoms with E-state index >= 15 is 0 Å². The third kappa shape index (κ3) is 3.82. The van der Waals surface area contributed by atoms with Crippen LogP contribution in [0.1, 0.15) is 10.4 Å². The van der Waals surface area contributed by atoms with E-state index in [1.54, 1.807) is 12.1 Å². The highest BCUT2D eigenvalue weighted by Crippen LogP contribution is 2.10. The number of carbonyl (C=O) groups is 1. The number of urea groups is 1. The molecule has 7 heteroatoms.